The van der Waals surface area contributed by atoms with Gasteiger partial charge < -0.3 is 4.74 Å². The first-order chi connectivity index (χ1) is 9.85. The summed E-state index contributed by atoms with van der Waals surface area (Å²) >= 11 is 3.01. The third-order valence-corrected chi connectivity index (χ3v) is 6.00. The van der Waals surface area contributed by atoms with E-state index in [0.29, 0.717) is 5.69 Å². The van der Waals surface area contributed by atoms with Crippen LogP contribution in [-0.2, 0) is 14.8 Å². The molecule has 0 bridgehead atoms. The topological polar surface area (TPSA) is 85.4 Å². The number of hydrogen-bond donors (Lipinski definition) is 1. The molecule has 0 spiro atoms. The van der Waals surface area contributed by atoms with Gasteiger partial charge in [0.2, 0.25) is 0 Å². The Morgan fingerprint density at radius 1 is 1.43 bits per heavy atom. The summed E-state index contributed by atoms with van der Waals surface area (Å²) in [5.41, 5.74) is 2.33. The molecule has 0 unspecified atom stereocenters. The molecule has 1 N–H and O–H groups in total. The van der Waals surface area contributed by atoms with Crippen LogP contribution in [0.5, 0.6) is 0 Å². The van der Waals surface area contributed by atoms with E-state index in [0.717, 1.165) is 20.5 Å². The molecule has 0 amide bonds. The van der Waals surface area contributed by atoms with E-state index in [9.17, 15) is 13.2 Å². The first-order valence-corrected chi connectivity index (χ1v) is 9.10. The number of rotatable bonds is 4. The lowest BCUT2D eigenvalue weighted by Crippen LogP contribution is -2.16. The number of nitrogens with zero attached hydrogens (tertiary/aromatic N) is 1. The maximum atomic E-state index is 12.4. The molecule has 21 heavy (non-hydrogen) atoms. The summed E-state index contributed by atoms with van der Waals surface area (Å²) in [6, 6.07) is 5.32. The second-order valence-electron chi connectivity index (χ2n) is 4.04. The Morgan fingerprint density at radius 3 is 2.76 bits per heavy atom. The van der Waals surface area contributed by atoms with Crippen LogP contribution in [0.3, 0.4) is 0 Å². The molecular weight excluding hydrogens is 427 g/mol. The van der Waals surface area contributed by atoms with Gasteiger partial charge in [0.1, 0.15) is 0 Å². The van der Waals surface area contributed by atoms with Gasteiger partial charge in [-0.25, -0.2) is 18.2 Å². The van der Waals surface area contributed by atoms with Crippen LogP contribution in [0.4, 0.5) is 5.69 Å². The third-order valence-electron chi connectivity index (χ3n) is 2.59. The molecule has 1 heterocycles. The summed E-state index contributed by atoms with van der Waals surface area (Å²) < 4.78 is 32.6. The van der Waals surface area contributed by atoms with E-state index in [4.69, 9.17) is 0 Å². The largest absolute Gasteiger partial charge is 0.464 e. The van der Waals surface area contributed by atoms with Gasteiger partial charge in [-0.1, -0.05) is 0 Å². The quantitative estimate of drug-likeness (QED) is 0.586. The Labute approximate surface area is 139 Å². The summed E-state index contributed by atoms with van der Waals surface area (Å²) in [4.78, 5) is 15.3. The minimum atomic E-state index is -3.89. The number of halogens is 1. The predicted octanol–water partition coefficient (Wildman–Crippen LogP) is 2.64. The minimum absolute atomic E-state index is 0.160. The average Bonchev–Trinajstić information content (AvgIpc) is 2.91. The fourth-order valence-electron chi connectivity index (χ4n) is 1.59. The fraction of sp³-hybridized carbons (Fsp3) is 0.167. The van der Waals surface area contributed by atoms with Gasteiger partial charge in [-0.05, 0) is 53.3 Å². The second-order valence-corrected chi connectivity index (χ2v) is 8.02. The summed E-state index contributed by atoms with van der Waals surface area (Å²) in [6.45, 7) is 1.80. The highest BCUT2D eigenvalue weighted by atomic mass is 127. The molecule has 0 aliphatic carbocycles. The first-order valence-electron chi connectivity index (χ1n) is 5.66. The summed E-state index contributed by atoms with van der Waals surface area (Å²) in [5, 5.41) is 0. The molecule has 1 aromatic heterocycles. The van der Waals surface area contributed by atoms with E-state index in [1.54, 1.807) is 19.1 Å². The molecule has 0 aliphatic rings. The van der Waals surface area contributed by atoms with E-state index >= 15 is 0 Å². The van der Waals surface area contributed by atoms with E-state index in [1.807, 2.05) is 6.07 Å². The fourth-order valence-corrected chi connectivity index (χ4v) is 4.50. The van der Waals surface area contributed by atoms with Crippen LogP contribution >= 0.6 is 33.9 Å². The number of aryl methyl sites for hydroxylation is 1. The maximum absolute atomic E-state index is 12.4. The number of nitrogens with one attached hydrogen (secondary N) is 1. The van der Waals surface area contributed by atoms with Crippen LogP contribution in [0.2, 0.25) is 0 Å². The lowest BCUT2D eigenvalue weighted by Gasteiger charge is -2.10. The molecule has 2 rings (SSSR count). The summed E-state index contributed by atoms with van der Waals surface area (Å²) in [6.07, 6.45) is 0. The standard InChI is InChI=1S/C12H11IN2O4S2/c1-7-5-8(13)3-4-9(7)15-21(17,18)12-10(11(16)19-2)14-6-20-12/h3-6,15H,1-2H3. The zero-order chi connectivity index (χ0) is 15.6. The van der Waals surface area contributed by atoms with Crippen LogP contribution in [0.1, 0.15) is 16.1 Å². The highest BCUT2D eigenvalue weighted by Gasteiger charge is 2.26. The van der Waals surface area contributed by atoms with Gasteiger partial charge in [0.15, 0.2) is 9.90 Å². The molecule has 0 saturated carbocycles. The van der Waals surface area contributed by atoms with Gasteiger partial charge in [0.25, 0.3) is 10.0 Å². The number of aromatic nitrogens is 1. The number of methoxy groups -OCH3 is 1. The maximum Gasteiger partial charge on any atom is 0.358 e. The van der Waals surface area contributed by atoms with Crippen molar-refractivity contribution in [1.82, 2.24) is 4.98 Å². The Morgan fingerprint density at radius 2 is 2.14 bits per heavy atom. The van der Waals surface area contributed by atoms with Crippen molar-refractivity contribution in [2.75, 3.05) is 11.8 Å². The van der Waals surface area contributed by atoms with Gasteiger partial charge in [-0.15, -0.1) is 11.3 Å². The molecular formula is C12H11IN2O4S2. The van der Waals surface area contributed by atoms with Gasteiger partial charge in [-0.3, -0.25) is 4.72 Å². The molecule has 0 atom stereocenters. The number of sulfonamides is 1. The van der Waals surface area contributed by atoms with Gasteiger partial charge >= 0.3 is 5.97 Å². The summed E-state index contributed by atoms with van der Waals surface area (Å²) in [5.74, 6) is -0.782. The zero-order valence-corrected chi connectivity index (χ0v) is 14.9. The highest BCUT2D eigenvalue weighted by molar-refractivity contribution is 14.1. The number of anilines is 1. The SMILES string of the molecule is COC(=O)c1ncsc1S(=O)(=O)Nc1ccc(I)cc1C. The minimum Gasteiger partial charge on any atom is -0.464 e. The van der Waals surface area contributed by atoms with Crippen molar-refractivity contribution >= 4 is 55.6 Å². The van der Waals surface area contributed by atoms with E-state index in [2.05, 4.69) is 37.0 Å². The Kier molecular flexibility index (Phi) is 4.84. The monoisotopic (exact) mass is 438 g/mol. The Hall–Kier alpha value is -1.20. The molecule has 112 valence electrons. The van der Waals surface area contributed by atoms with Crippen LogP contribution in [-0.4, -0.2) is 26.5 Å². The molecule has 0 radical (unpaired) electrons. The predicted molar refractivity (Wildman–Crippen MR) is 88.2 cm³/mol. The number of carbonyl (C=O) groups excluding carboxylic acids is 1. The Balaban J connectivity index is 2.39. The van der Waals surface area contributed by atoms with Gasteiger partial charge in [-0.2, -0.15) is 0 Å². The van der Waals surface area contributed by atoms with Gasteiger partial charge in [0.05, 0.1) is 18.3 Å². The van der Waals surface area contributed by atoms with Crippen molar-refractivity contribution in [1.29, 1.82) is 0 Å². The zero-order valence-electron chi connectivity index (χ0n) is 11.1. The Bertz CT molecular complexity index is 786. The van der Waals surface area contributed by atoms with E-state index in [-0.39, 0.29) is 9.90 Å². The lowest BCUT2D eigenvalue weighted by molar-refractivity contribution is 0.0590. The van der Waals surface area contributed by atoms with E-state index < -0.39 is 16.0 Å². The smallest absolute Gasteiger partial charge is 0.358 e. The molecule has 6 nitrogen and oxygen atoms in total. The normalized spacial score (nSPS) is 11.2. The number of hydrogen-bond acceptors (Lipinski definition) is 6. The van der Waals surface area contributed by atoms with Crippen molar-refractivity contribution in [3.05, 3.63) is 38.5 Å². The number of thiazole rings is 1. The van der Waals surface area contributed by atoms with Crippen molar-refractivity contribution < 1.29 is 17.9 Å². The van der Waals surface area contributed by atoms with Gasteiger partial charge in [0, 0.05) is 3.57 Å². The average molecular weight is 438 g/mol. The second kappa shape index (κ2) is 6.28. The van der Waals surface area contributed by atoms with Crippen molar-refractivity contribution in [3.63, 3.8) is 0 Å². The van der Waals surface area contributed by atoms with Crippen LogP contribution in [0, 0.1) is 10.5 Å². The van der Waals surface area contributed by atoms with Crippen LogP contribution in [0.15, 0.2) is 27.9 Å². The highest BCUT2D eigenvalue weighted by Crippen LogP contribution is 2.26. The lowest BCUT2D eigenvalue weighted by atomic mass is 10.2. The number of ether oxygens (including phenoxy) is 1. The van der Waals surface area contributed by atoms with Crippen LogP contribution in [0.25, 0.3) is 0 Å². The van der Waals surface area contributed by atoms with Crippen molar-refractivity contribution in [2.24, 2.45) is 0 Å². The van der Waals surface area contributed by atoms with Crippen LogP contribution < -0.4 is 4.72 Å². The first kappa shape index (κ1) is 16.2. The van der Waals surface area contributed by atoms with Crippen molar-refractivity contribution in [3.8, 4) is 0 Å². The van der Waals surface area contributed by atoms with Crippen molar-refractivity contribution in [2.45, 2.75) is 11.1 Å². The van der Waals surface area contributed by atoms with E-state index in [1.165, 1.54) is 12.6 Å². The number of carbonyl (C=O) groups is 1. The third kappa shape index (κ3) is 3.52. The molecule has 2 aromatic rings. The number of esters is 1. The molecule has 1 aromatic carbocycles. The molecule has 0 saturated heterocycles. The number of benzene rings is 1. The molecule has 0 fully saturated rings. The molecule has 9 heteroatoms. The molecule has 0 aliphatic heterocycles. The summed E-state index contributed by atoms with van der Waals surface area (Å²) in [7, 11) is -2.71.